The van der Waals surface area contributed by atoms with Crippen molar-refractivity contribution in [3.63, 3.8) is 0 Å². The fraction of sp³-hybridized carbons (Fsp3) is 0.538. The first-order valence-electron chi connectivity index (χ1n) is 5.98. The summed E-state index contributed by atoms with van der Waals surface area (Å²) in [5.74, 6) is 0. The van der Waals surface area contributed by atoms with Crippen LogP contribution in [-0.2, 0) is 11.2 Å². The Hall–Kier alpha value is -0.570. The molecule has 1 N–H and O–H groups in total. The Kier molecular flexibility index (Phi) is 2.88. The number of benzene rings is 1. The van der Waals surface area contributed by atoms with Gasteiger partial charge < -0.3 is 10.1 Å². The first kappa shape index (κ1) is 10.6. The Morgan fingerprint density at radius 1 is 1.38 bits per heavy atom. The van der Waals surface area contributed by atoms with Crippen molar-refractivity contribution in [3.05, 3.63) is 34.3 Å². The van der Waals surface area contributed by atoms with Crippen molar-refractivity contribution in [1.82, 2.24) is 5.32 Å². The van der Waals surface area contributed by atoms with Gasteiger partial charge in [-0.15, -0.1) is 0 Å². The van der Waals surface area contributed by atoms with Crippen LogP contribution < -0.4 is 5.32 Å². The van der Waals surface area contributed by atoms with Crippen molar-refractivity contribution in [1.29, 1.82) is 0 Å². The molecule has 0 radical (unpaired) electrons. The van der Waals surface area contributed by atoms with Crippen molar-refractivity contribution in [2.24, 2.45) is 0 Å². The van der Waals surface area contributed by atoms with E-state index >= 15 is 0 Å². The second kappa shape index (κ2) is 4.36. The smallest absolute Gasteiger partial charge is 0.0981 e. The van der Waals surface area contributed by atoms with Gasteiger partial charge in [-0.3, -0.25) is 0 Å². The van der Waals surface area contributed by atoms with Crippen molar-refractivity contribution in [3.8, 4) is 0 Å². The molecule has 2 atom stereocenters. The Morgan fingerprint density at radius 3 is 3.25 bits per heavy atom. The van der Waals surface area contributed by atoms with Crippen molar-refractivity contribution < 1.29 is 4.74 Å². The number of ether oxygens (including phenoxy) is 1. The van der Waals surface area contributed by atoms with Gasteiger partial charge in [0.05, 0.1) is 12.7 Å². The van der Waals surface area contributed by atoms with E-state index in [1.165, 1.54) is 24.0 Å². The summed E-state index contributed by atoms with van der Waals surface area (Å²) in [6.07, 6.45) is 3.75. The minimum absolute atomic E-state index is 0.225. The van der Waals surface area contributed by atoms with Gasteiger partial charge >= 0.3 is 0 Å². The van der Waals surface area contributed by atoms with Gasteiger partial charge in [0.1, 0.15) is 0 Å². The second-order valence-corrected chi connectivity index (χ2v) is 5.02. The van der Waals surface area contributed by atoms with Crippen LogP contribution in [0.15, 0.2) is 18.2 Å². The van der Waals surface area contributed by atoms with Crippen LogP contribution in [0.2, 0.25) is 5.02 Å². The third kappa shape index (κ3) is 1.86. The highest BCUT2D eigenvalue weighted by atomic mass is 35.5. The third-order valence-corrected chi connectivity index (χ3v) is 3.78. The van der Waals surface area contributed by atoms with Gasteiger partial charge in [0.2, 0.25) is 0 Å². The van der Waals surface area contributed by atoms with Crippen molar-refractivity contribution >= 4 is 11.6 Å². The van der Waals surface area contributed by atoms with Gasteiger partial charge in [-0.1, -0.05) is 17.7 Å². The lowest BCUT2D eigenvalue weighted by molar-refractivity contribution is -0.00645. The molecule has 1 saturated heterocycles. The standard InChI is InChI=1S/C13H16ClNO/c14-10-4-5-11-9(8-10)2-1-3-12-13(11)16-7-6-15-12/h4-5,8,12-13,15H,1-3,6-7H2/t12-,13-/m0/s1. The summed E-state index contributed by atoms with van der Waals surface area (Å²) in [6.45, 7) is 1.79. The largest absolute Gasteiger partial charge is 0.371 e. The third-order valence-electron chi connectivity index (χ3n) is 3.54. The maximum Gasteiger partial charge on any atom is 0.0981 e. The van der Waals surface area contributed by atoms with E-state index in [1.54, 1.807) is 0 Å². The maximum absolute atomic E-state index is 6.05. The summed E-state index contributed by atoms with van der Waals surface area (Å²) < 4.78 is 5.92. The van der Waals surface area contributed by atoms with Crippen LogP contribution in [0, 0.1) is 0 Å². The van der Waals surface area contributed by atoms with Gasteiger partial charge in [-0.2, -0.15) is 0 Å². The van der Waals surface area contributed by atoms with E-state index < -0.39 is 0 Å². The molecular weight excluding hydrogens is 222 g/mol. The Labute approximate surface area is 101 Å². The Morgan fingerprint density at radius 2 is 2.31 bits per heavy atom. The van der Waals surface area contributed by atoms with Gasteiger partial charge in [-0.25, -0.2) is 0 Å². The molecule has 0 saturated carbocycles. The molecule has 3 heteroatoms. The average Bonchev–Trinajstić information content (AvgIpc) is 2.47. The Bertz CT molecular complexity index is 394. The fourth-order valence-corrected chi connectivity index (χ4v) is 2.99. The number of aryl methyl sites for hydroxylation is 1. The highest BCUT2D eigenvalue weighted by Crippen LogP contribution is 2.34. The Balaban J connectivity index is 2.00. The normalized spacial score (nSPS) is 29.1. The molecule has 16 heavy (non-hydrogen) atoms. The molecule has 1 aromatic rings. The number of hydrogen-bond acceptors (Lipinski definition) is 2. The van der Waals surface area contributed by atoms with Crippen LogP contribution in [0.4, 0.5) is 0 Å². The van der Waals surface area contributed by atoms with Gasteiger partial charge in [0, 0.05) is 17.6 Å². The highest BCUT2D eigenvalue weighted by molar-refractivity contribution is 6.30. The van der Waals surface area contributed by atoms with E-state index in [-0.39, 0.29) is 6.10 Å². The molecule has 0 aromatic heterocycles. The predicted octanol–water partition coefficient (Wildman–Crippen LogP) is 2.71. The number of nitrogens with one attached hydrogen (secondary N) is 1. The topological polar surface area (TPSA) is 21.3 Å². The molecule has 2 nitrogen and oxygen atoms in total. The molecule has 0 amide bonds. The highest BCUT2D eigenvalue weighted by Gasteiger charge is 2.30. The number of rotatable bonds is 0. The van der Waals surface area contributed by atoms with E-state index in [0.717, 1.165) is 24.6 Å². The predicted molar refractivity (Wildman–Crippen MR) is 64.9 cm³/mol. The summed E-state index contributed by atoms with van der Waals surface area (Å²) in [7, 11) is 0. The SMILES string of the molecule is Clc1ccc2c(c1)CCC[C@@H]1NCCO[C@@H]21. The first-order valence-corrected chi connectivity index (χ1v) is 6.36. The van der Waals surface area contributed by atoms with Crippen LogP contribution in [0.3, 0.4) is 0 Å². The molecule has 2 aliphatic rings. The van der Waals surface area contributed by atoms with Gasteiger partial charge in [0.25, 0.3) is 0 Å². The number of fused-ring (bicyclic) bond motifs is 3. The van der Waals surface area contributed by atoms with E-state index in [2.05, 4.69) is 17.4 Å². The van der Waals surface area contributed by atoms with E-state index in [9.17, 15) is 0 Å². The summed E-state index contributed by atoms with van der Waals surface area (Å²) in [5.41, 5.74) is 2.70. The molecule has 86 valence electrons. The number of halogens is 1. The summed E-state index contributed by atoms with van der Waals surface area (Å²) in [4.78, 5) is 0. The van der Waals surface area contributed by atoms with E-state index in [4.69, 9.17) is 16.3 Å². The molecule has 1 aromatic carbocycles. The van der Waals surface area contributed by atoms with Gasteiger partial charge in [0.15, 0.2) is 0 Å². The molecule has 1 aliphatic carbocycles. The quantitative estimate of drug-likeness (QED) is 0.749. The molecule has 0 unspecified atom stereocenters. The van der Waals surface area contributed by atoms with Crippen molar-refractivity contribution in [2.75, 3.05) is 13.2 Å². The zero-order valence-corrected chi connectivity index (χ0v) is 9.96. The molecule has 1 heterocycles. The van der Waals surface area contributed by atoms with Gasteiger partial charge in [-0.05, 0) is 42.5 Å². The van der Waals surface area contributed by atoms with Crippen LogP contribution >= 0.6 is 11.6 Å². The molecule has 0 spiro atoms. The lowest BCUT2D eigenvalue weighted by Gasteiger charge is -2.32. The summed E-state index contributed by atoms with van der Waals surface area (Å²) >= 11 is 6.05. The molecule has 1 fully saturated rings. The average molecular weight is 238 g/mol. The van der Waals surface area contributed by atoms with Crippen LogP contribution in [0.1, 0.15) is 30.1 Å². The maximum atomic E-state index is 6.05. The fourth-order valence-electron chi connectivity index (χ4n) is 2.79. The first-order chi connectivity index (χ1) is 7.84. The van der Waals surface area contributed by atoms with Crippen LogP contribution in [0.5, 0.6) is 0 Å². The molecular formula is C13H16ClNO. The summed E-state index contributed by atoms with van der Waals surface area (Å²) in [6, 6.07) is 6.68. The second-order valence-electron chi connectivity index (χ2n) is 4.59. The lowest BCUT2D eigenvalue weighted by atomic mass is 9.98. The van der Waals surface area contributed by atoms with E-state index in [1.807, 2.05) is 6.07 Å². The molecule has 1 aliphatic heterocycles. The molecule has 3 rings (SSSR count). The zero-order valence-electron chi connectivity index (χ0n) is 9.21. The minimum atomic E-state index is 0.225. The number of hydrogen-bond donors (Lipinski definition) is 1. The number of morpholine rings is 1. The lowest BCUT2D eigenvalue weighted by Crippen LogP contribution is -2.43. The summed E-state index contributed by atoms with van der Waals surface area (Å²) in [5, 5.41) is 4.39. The molecule has 0 bridgehead atoms. The van der Waals surface area contributed by atoms with Crippen molar-refractivity contribution in [2.45, 2.75) is 31.4 Å². The monoisotopic (exact) mass is 237 g/mol. The van der Waals surface area contributed by atoms with Crippen LogP contribution in [-0.4, -0.2) is 19.2 Å². The zero-order chi connectivity index (χ0) is 11.0. The minimum Gasteiger partial charge on any atom is -0.371 e. The van der Waals surface area contributed by atoms with E-state index in [0.29, 0.717) is 6.04 Å². The van der Waals surface area contributed by atoms with Crippen LogP contribution in [0.25, 0.3) is 0 Å².